The highest BCUT2D eigenvalue weighted by Crippen LogP contribution is 2.27. The molecule has 0 amide bonds. The van der Waals surface area contributed by atoms with Gasteiger partial charge in [-0.1, -0.05) is 0 Å². The highest BCUT2D eigenvalue weighted by atomic mass is 127. The van der Waals surface area contributed by atoms with Gasteiger partial charge in [0.05, 0.1) is 9.77 Å². The van der Waals surface area contributed by atoms with E-state index in [-0.39, 0.29) is 5.82 Å². The SMILES string of the molecule is Fc1c(I)c(Br)cc2cn[nH]c12. The molecule has 1 N–H and O–H groups in total. The van der Waals surface area contributed by atoms with E-state index in [0.717, 1.165) is 9.86 Å². The quantitative estimate of drug-likeness (QED) is 0.579. The van der Waals surface area contributed by atoms with Crippen molar-refractivity contribution in [3.05, 3.63) is 26.1 Å². The van der Waals surface area contributed by atoms with Gasteiger partial charge in [-0.3, -0.25) is 5.10 Å². The highest BCUT2D eigenvalue weighted by molar-refractivity contribution is 14.1. The summed E-state index contributed by atoms with van der Waals surface area (Å²) in [6.45, 7) is 0. The largest absolute Gasteiger partial charge is 0.275 e. The molecule has 1 heterocycles. The lowest BCUT2D eigenvalue weighted by Gasteiger charge is -1.98. The average molecular weight is 341 g/mol. The summed E-state index contributed by atoms with van der Waals surface area (Å²) in [5.74, 6) is -0.252. The molecule has 2 nitrogen and oxygen atoms in total. The molecule has 0 fully saturated rings. The fourth-order valence-electron chi connectivity index (χ4n) is 0.995. The molecule has 12 heavy (non-hydrogen) atoms. The molecular formula is C7H3BrFIN2. The first-order chi connectivity index (χ1) is 5.70. The van der Waals surface area contributed by atoms with E-state index >= 15 is 0 Å². The van der Waals surface area contributed by atoms with Gasteiger partial charge in [0.25, 0.3) is 0 Å². The summed E-state index contributed by atoms with van der Waals surface area (Å²) in [6, 6.07) is 1.84. The molecule has 5 heteroatoms. The smallest absolute Gasteiger partial charge is 0.163 e. The summed E-state index contributed by atoms with van der Waals surface area (Å²) in [4.78, 5) is 0. The Morgan fingerprint density at radius 2 is 2.33 bits per heavy atom. The highest BCUT2D eigenvalue weighted by Gasteiger charge is 2.10. The summed E-state index contributed by atoms with van der Waals surface area (Å²) in [7, 11) is 0. The number of hydrogen-bond acceptors (Lipinski definition) is 1. The van der Waals surface area contributed by atoms with Gasteiger partial charge in [-0.05, 0) is 44.6 Å². The van der Waals surface area contributed by atoms with Gasteiger partial charge < -0.3 is 0 Å². The van der Waals surface area contributed by atoms with Gasteiger partial charge in [0, 0.05) is 9.86 Å². The molecule has 1 aromatic carbocycles. The minimum atomic E-state index is -0.252. The van der Waals surface area contributed by atoms with Crippen LogP contribution >= 0.6 is 38.5 Å². The fraction of sp³-hybridized carbons (Fsp3) is 0. The number of H-pyrrole nitrogens is 1. The third-order valence-electron chi connectivity index (χ3n) is 1.57. The number of rotatable bonds is 0. The third-order valence-corrected chi connectivity index (χ3v) is 3.99. The Kier molecular flexibility index (Phi) is 2.07. The normalized spacial score (nSPS) is 10.9. The van der Waals surface area contributed by atoms with Gasteiger partial charge in [0.1, 0.15) is 5.52 Å². The average Bonchev–Trinajstić information content (AvgIpc) is 2.48. The molecule has 1 aromatic heterocycles. The van der Waals surface area contributed by atoms with Gasteiger partial charge in [0.2, 0.25) is 0 Å². The van der Waals surface area contributed by atoms with Crippen molar-refractivity contribution in [2.75, 3.05) is 0 Å². The zero-order chi connectivity index (χ0) is 8.72. The van der Waals surface area contributed by atoms with Gasteiger partial charge >= 0.3 is 0 Å². The van der Waals surface area contributed by atoms with E-state index < -0.39 is 0 Å². The molecule has 62 valence electrons. The van der Waals surface area contributed by atoms with Gasteiger partial charge in [-0.2, -0.15) is 5.10 Å². The van der Waals surface area contributed by atoms with E-state index in [9.17, 15) is 4.39 Å². The maximum Gasteiger partial charge on any atom is 0.163 e. The molecule has 0 spiro atoms. The van der Waals surface area contributed by atoms with E-state index in [0.29, 0.717) is 9.09 Å². The first-order valence-electron chi connectivity index (χ1n) is 3.16. The Morgan fingerprint density at radius 3 is 3.08 bits per heavy atom. The number of aromatic amines is 1. The zero-order valence-corrected chi connectivity index (χ0v) is 9.48. The van der Waals surface area contributed by atoms with Crippen molar-refractivity contribution in [3.8, 4) is 0 Å². The molecule has 0 aliphatic rings. The van der Waals surface area contributed by atoms with E-state index in [1.807, 2.05) is 28.7 Å². The van der Waals surface area contributed by atoms with Crippen molar-refractivity contribution in [2.24, 2.45) is 0 Å². The molecule has 0 aliphatic carbocycles. The van der Waals surface area contributed by atoms with Crippen molar-refractivity contribution >= 4 is 49.4 Å². The van der Waals surface area contributed by atoms with Crippen molar-refractivity contribution in [2.45, 2.75) is 0 Å². The van der Waals surface area contributed by atoms with Crippen molar-refractivity contribution in [1.82, 2.24) is 10.2 Å². The lowest BCUT2D eigenvalue weighted by molar-refractivity contribution is 0.628. The number of halogens is 3. The Balaban J connectivity index is 2.94. The number of benzene rings is 1. The maximum absolute atomic E-state index is 13.4. The predicted molar refractivity (Wildman–Crippen MR) is 56.5 cm³/mol. The Labute approximate surface area is 89.8 Å². The van der Waals surface area contributed by atoms with Crippen molar-refractivity contribution < 1.29 is 4.39 Å². The molecule has 0 atom stereocenters. The van der Waals surface area contributed by atoms with Crippen LogP contribution in [0.2, 0.25) is 0 Å². The van der Waals surface area contributed by atoms with Crippen molar-refractivity contribution in [1.29, 1.82) is 0 Å². The summed E-state index contributed by atoms with van der Waals surface area (Å²) in [6.07, 6.45) is 1.60. The topological polar surface area (TPSA) is 28.7 Å². The van der Waals surface area contributed by atoms with Crippen LogP contribution in [-0.4, -0.2) is 10.2 Å². The second-order valence-corrected chi connectivity index (χ2v) is 4.25. The molecule has 0 bridgehead atoms. The molecule has 2 rings (SSSR count). The summed E-state index contributed by atoms with van der Waals surface area (Å²) in [5, 5.41) is 7.14. The van der Waals surface area contributed by atoms with E-state index in [1.165, 1.54) is 0 Å². The summed E-state index contributed by atoms with van der Waals surface area (Å²) in [5.41, 5.74) is 0.461. The minimum absolute atomic E-state index is 0.252. The monoisotopic (exact) mass is 340 g/mol. The second-order valence-electron chi connectivity index (χ2n) is 2.32. The van der Waals surface area contributed by atoms with Gasteiger partial charge in [0.15, 0.2) is 5.82 Å². The first-order valence-corrected chi connectivity index (χ1v) is 5.04. The maximum atomic E-state index is 13.4. The first kappa shape index (κ1) is 8.43. The summed E-state index contributed by atoms with van der Waals surface area (Å²) < 4.78 is 14.7. The van der Waals surface area contributed by atoms with Crippen LogP contribution in [0, 0.1) is 9.39 Å². The van der Waals surface area contributed by atoms with Gasteiger partial charge in [-0.25, -0.2) is 4.39 Å². The van der Waals surface area contributed by atoms with Crippen LogP contribution in [0.3, 0.4) is 0 Å². The molecule has 0 aliphatic heterocycles. The fourth-order valence-corrected chi connectivity index (χ4v) is 1.84. The number of aromatic nitrogens is 2. The second kappa shape index (κ2) is 2.95. The number of fused-ring (bicyclic) bond motifs is 1. The summed E-state index contributed by atoms with van der Waals surface area (Å²) >= 11 is 5.21. The van der Waals surface area contributed by atoms with Crippen LogP contribution in [0.1, 0.15) is 0 Å². The van der Waals surface area contributed by atoms with Crippen LogP contribution in [0.4, 0.5) is 4.39 Å². The van der Waals surface area contributed by atoms with Crippen LogP contribution in [0.25, 0.3) is 10.9 Å². The van der Waals surface area contributed by atoms with Gasteiger partial charge in [-0.15, -0.1) is 0 Å². The van der Waals surface area contributed by atoms with E-state index in [4.69, 9.17) is 0 Å². The number of nitrogens with one attached hydrogen (secondary N) is 1. The standard InChI is InChI=1S/C7H3BrFIN2/c8-4-1-3-2-11-12-7(3)5(9)6(4)10/h1-2H,(H,11,12). The molecule has 0 radical (unpaired) electrons. The van der Waals surface area contributed by atoms with Crippen LogP contribution in [0.15, 0.2) is 16.7 Å². The zero-order valence-electron chi connectivity index (χ0n) is 5.74. The molecule has 0 unspecified atom stereocenters. The lowest BCUT2D eigenvalue weighted by Crippen LogP contribution is -1.85. The Hall–Kier alpha value is -0.170. The number of nitrogens with zero attached hydrogens (tertiary/aromatic N) is 1. The van der Waals surface area contributed by atoms with E-state index in [2.05, 4.69) is 26.1 Å². The third kappa shape index (κ3) is 1.15. The Bertz CT molecular complexity index is 440. The predicted octanol–water partition coefficient (Wildman–Crippen LogP) is 3.07. The molecule has 2 aromatic rings. The van der Waals surface area contributed by atoms with E-state index in [1.54, 1.807) is 6.20 Å². The van der Waals surface area contributed by atoms with Crippen LogP contribution in [-0.2, 0) is 0 Å². The Morgan fingerprint density at radius 1 is 1.58 bits per heavy atom. The lowest BCUT2D eigenvalue weighted by atomic mass is 10.2. The number of hydrogen-bond donors (Lipinski definition) is 1. The van der Waals surface area contributed by atoms with Crippen molar-refractivity contribution in [3.63, 3.8) is 0 Å². The van der Waals surface area contributed by atoms with Crippen LogP contribution < -0.4 is 0 Å². The molecule has 0 saturated carbocycles. The van der Waals surface area contributed by atoms with Crippen LogP contribution in [0.5, 0.6) is 0 Å². The molecular weight excluding hydrogens is 338 g/mol. The minimum Gasteiger partial charge on any atom is -0.275 e. The molecule has 0 saturated heterocycles.